The molecular formula is C13H14F2N2O. The molecule has 0 saturated heterocycles. The number of benzene rings is 1. The first-order valence-electron chi connectivity index (χ1n) is 5.76. The van der Waals surface area contributed by atoms with E-state index in [0.29, 0.717) is 12.3 Å². The van der Waals surface area contributed by atoms with Gasteiger partial charge in [0.25, 0.3) is 0 Å². The van der Waals surface area contributed by atoms with Crippen molar-refractivity contribution in [1.29, 1.82) is 0 Å². The lowest BCUT2D eigenvalue weighted by Gasteiger charge is -2.00. The van der Waals surface area contributed by atoms with E-state index < -0.39 is 11.6 Å². The second-order valence-corrected chi connectivity index (χ2v) is 3.92. The molecule has 0 aliphatic heterocycles. The maximum atomic E-state index is 13.5. The zero-order valence-corrected chi connectivity index (χ0v) is 10.0. The Hall–Kier alpha value is -1.75. The lowest BCUT2D eigenvalue weighted by atomic mass is 10.1. The highest BCUT2D eigenvalue weighted by Crippen LogP contribution is 2.26. The summed E-state index contributed by atoms with van der Waals surface area (Å²) in [7, 11) is 1.86. The molecule has 2 aromatic rings. The maximum absolute atomic E-state index is 13.5. The fourth-order valence-electron chi connectivity index (χ4n) is 1.69. The van der Waals surface area contributed by atoms with Crippen LogP contribution in [0.3, 0.4) is 0 Å². The van der Waals surface area contributed by atoms with Gasteiger partial charge in [-0.2, -0.15) is 0 Å². The van der Waals surface area contributed by atoms with Crippen LogP contribution in [0.4, 0.5) is 8.78 Å². The van der Waals surface area contributed by atoms with E-state index in [1.54, 1.807) is 0 Å². The van der Waals surface area contributed by atoms with Crippen molar-refractivity contribution >= 4 is 0 Å². The lowest BCUT2D eigenvalue weighted by Crippen LogP contribution is -2.08. The van der Waals surface area contributed by atoms with Crippen LogP contribution < -0.4 is 5.32 Å². The second kappa shape index (κ2) is 5.73. The summed E-state index contributed by atoms with van der Waals surface area (Å²) in [6.07, 6.45) is 2.85. The van der Waals surface area contributed by atoms with Crippen molar-refractivity contribution < 1.29 is 13.2 Å². The van der Waals surface area contributed by atoms with Gasteiger partial charge in [-0.05, 0) is 32.1 Å². The minimum Gasteiger partial charge on any atom is -0.441 e. The Kier molecular flexibility index (Phi) is 4.04. The van der Waals surface area contributed by atoms with Gasteiger partial charge in [0.1, 0.15) is 11.6 Å². The third-order valence-electron chi connectivity index (χ3n) is 2.58. The van der Waals surface area contributed by atoms with E-state index in [-0.39, 0.29) is 11.3 Å². The van der Waals surface area contributed by atoms with Crippen LogP contribution in [0.5, 0.6) is 0 Å². The van der Waals surface area contributed by atoms with Gasteiger partial charge in [-0.3, -0.25) is 0 Å². The predicted octanol–water partition coefficient (Wildman–Crippen LogP) is 2.77. The van der Waals surface area contributed by atoms with Crippen LogP contribution in [0.15, 0.2) is 28.8 Å². The van der Waals surface area contributed by atoms with Crippen molar-refractivity contribution in [3.8, 4) is 11.3 Å². The lowest BCUT2D eigenvalue weighted by molar-refractivity contribution is 0.487. The van der Waals surface area contributed by atoms with Gasteiger partial charge in [-0.15, -0.1) is 0 Å². The van der Waals surface area contributed by atoms with E-state index in [0.717, 1.165) is 13.0 Å². The molecule has 0 atom stereocenters. The van der Waals surface area contributed by atoms with Gasteiger partial charge >= 0.3 is 0 Å². The number of oxazole rings is 1. The third-order valence-corrected chi connectivity index (χ3v) is 2.58. The van der Waals surface area contributed by atoms with Crippen LogP contribution in [0.1, 0.15) is 12.3 Å². The van der Waals surface area contributed by atoms with Gasteiger partial charge in [0, 0.05) is 6.42 Å². The minimum absolute atomic E-state index is 0.130. The Balaban J connectivity index is 2.19. The largest absolute Gasteiger partial charge is 0.441 e. The third kappa shape index (κ3) is 2.73. The Morgan fingerprint density at radius 3 is 2.67 bits per heavy atom. The number of hydrogen-bond acceptors (Lipinski definition) is 3. The first kappa shape index (κ1) is 12.7. The van der Waals surface area contributed by atoms with Gasteiger partial charge in [-0.25, -0.2) is 13.8 Å². The summed E-state index contributed by atoms with van der Waals surface area (Å²) in [5.74, 6) is -0.672. The molecule has 1 aromatic carbocycles. The molecule has 0 unspecified atom stereocenters. The average Bonchev–Trinajstić information content (AvgIpc) is 2.78. The molecule has 0 amide bonds. The Morgan fingerprint density at radius 2 is 2.00 bits per heavy atom. The summed E-state index contributed by atoms with van der Waals surface area (Å²) in [6, 6.07) is 3.71. The number of hydrogen-bond donors (Lipinski definition) is 1. The van der Waals surface area contributed by atoms with E-state index in [4.69, 9.17) is 4.42 Å². The molecule has 1 aromatic heterocycles. The van der Waals surface area contributed by atoms with Gasteiger partial charge in [0.2, 0.25) is 0 Å². The van der Waals surface area contributed by atoms with Gasteiger partial charge in [0.05, 0.1) is 11.8 Å². The standard InChI is InChI=1S/C13H14F2N2O/c1-16-7-3-6-12-17-8-11(18-12)13-9(14)4-2-5-10(13)15/h2,4-5,8,16H,3,6-7H2,1H3. The summed E-state index contributed by atoms with van der Waals surface area (Å²) >= 11 is 0. The van der Waals surface area contributed by atoms with E-state index in [2.05, 4.69) is 10.3 Å². The summed E-state index contributed by atoms with van der Waals surface area (Å²) in [6.45, 7) is 0.839. The summed E-state index contributed by atoms with van der Waals surface area (Å²) in [5, 5.41) is 3.01. The fourth-order valence-corrected chi connectivity index (χ4v) is 1.69. The number of halogens is 2. The minimum atomic E-state index is -0.645. The SMILES string of the molecule is CNCCCc1ncc(-c2c(F)cccc2F)o1. The first-order valence-corrected chi connectivity index (χ1v) is 5.76. The van der Waals surface area contributed by atoms with Crippen molar-refractivity contribution in [3.05, 3.63) is 41.9 Å². The molecule has 0 spiro atoms. The quantitative estimate of drug-likeness (QED) is 0.831. The van der Waals surface area contributed by atoms with Gasteiger partial charge in [0.15, 0.2) is 11.7 Å². The Labute approximate surface area is 104 Å². The molecule has 96 valence electrons. The first-order chi connectivity index (χ1) is 8.72. The average molecular weight is 252 g/mol. The van der Waals surface area contributed by atoms with E-state index >= 15 is 0 Å². The van der Waals surface area contributed by atoms with Crippen LogP contribution in [0.2, 0.25) is 0 Å². The molecule has 0 aliphatic carbocycles. The fraction of sp³-hybridized carbons (Fsp3) is 0.308. The second-order valence-electron chi connectivity index (χ2n) is 3.92. The van der Waals surface area contributed by atoms with Gasteiger partial charge in [-0.1, -0.05) is 6.07 Å². The smallest absolute Gasteiger partial charge is 0.194 e. The van der Waals surface area contributed by atoms with Crippen LogP contribution in [0, 0.1) is 11.6 Å². The zero-order chi connectivity index (χ0) is 13.0. The van der Waals surface area contributed by atoms with Crippen LogP contribution in [-0.2, 0) is 6.42 Å². The number of nitrogens with zero attached hydrogens (tertiary/aromatic N) is 1. The highest BCUT2D eigenvalue weighted by molar-refractivity contribution is 5.58. The zero-order valence-electron chi connectivity index (χ0n) is 10.0. The number of rotatable bonds is 5. The molecule has 3 nitrogen and oxygen atoms in total. The number of nitrogens with one attached hydrogen (secondary N) is 1. The molecule has 0 radical (unpaired) electrons. The van der Waals surface area contributed by atoms with E-state index in [1.165, 1.54) is 24.4 Å². The molecule has 0 aliphatic rings. The van der Waals surface area contributed by atoms with Crippen LogP contribution in [0.25, 0.3) is 11.3 Å². The van der Waals surface area contributed by atoms with Crippen molar-refractivity contribution in [2.24, 2.45) is 0 Å². The van der Waals surface area contributed by atoms with Crippen molar-refractivity contribution in [2.45, 2.75) is 12.8 Å². The molecule has 5 heteroatoms. The molecule has 2 rings (SSSR count). The monoisotopic (exact) mass is 252 g/mol. The molecular weight excluding hydrogens is 238 g/mol. The normalized spacial score (nSPS) is 10.8. The highest BCUT2D eigenvalue weighted by Gasteiger charge is 2.15. The number of aromatic nitrogens is 1. The Morgan fingerprint density at radius 1 is 1.28 bits per heavy atom. The molecule has 1 N–H and O–H groups in total. The van der Waals surface area contributed by atoms with E-state index in [9.17, 15) is 8.78 Å². The molecule has 18 heavy (non-hydrogen) atoms. The summed E-state index contributed by atoms with van der Waals surface area (Å²) in [5.41, 5.74) is -0.162. The summed E-state index contributed by atoms with van der Waals surface area (Å²) in [4.78, 5) is 4.02. The van der Waals surface area contributed by atoms with Gasteiger partial charge < -0.3 is 9.73 Å². The molecule has 0 bridgehead atoms. The Bertz CT molecular complexity index is 505. The molecule has 1 heterocycles. The highest BCUT2D eigenvalue weighted by atomic mass is 19.1. The summed E-state index contributed by atoms with van der Waals surface area (Å²) < 4.78 is 32.4. The van der Waals surface area contributed by atoms with Crippen LogP contribution in [-0.4, -0.2) is 18.6 Å². The predicted molar refractivity (Wildman–Crippen MR) is 64.1 cm³/mol. The molecule has 0 saturated carbocycles. The van der Waals surface area contributed by atoms with Crippen molar-refractivity contribution in [2.75, 3.05) is 13.6 Å². The van der Waals surface area contributed by atoms with E-state index in [1.807, 2.05) is 7.05 Å². The number of aryl methyl sites for hydroxylation is 1. The molecule has 0 fully saturated rings. The van der Waals surface area contributed by atoms with Crippen molar-refractivity contribution in [3.63, 3.8) is 0 Å². The van der Waals surface area contributed by atoms with Crippen LogP contribution >= 0.6 is 0 Å². The van der Waals surface area contributed by atoms with Crippen molar-refractivity contribution in [1.82, 2.24) is 10.3 Å². The maximum Gasteiger partial charge on any atom is 0.194 e. The topological polar surface area (TPSA) is 38.1 Å².